The highest BCUT2D eigenvalue weighted by atomic mass is 16.4. The van der Waals surface area contributed by atoms with Gasteiger partial charge in [-0.2, -0.15) is 0 Å². The molecule has 0 bridgehead atoms. The molecule has 4 nitrogen and oxygen atoms in total. The van der Waals surface area contributed by atoms with E-state index in [1.165, 1.54) is 51.4 Å². The monoisotopic (exact) mass is 295 g/mol. The van der Waals surface area contributed by atoms with Gasteiger partial charge in [0.15, 0.2) is 0 Å². The van der Waals surface area contributed by atoms with Crippen molar-refractivity contribution in [1.82, 2.24) is 4.57 Å². The number of rotatable bonds is 13. The molecule has 0 atom stereocenters. The van der Waals surface area contributed by atoms with Gasteiger partial charge in [0.05, 0.1) is 13.1 Å². The van der Waals surface area contributed by atoms with Gasteiger partial charge in [-0.15, -0.1) is 0 Å². The van der Waals surface area contributed by atoms with Crippen LogP contribution in [0.3, 0.4) is 0 Å². The third-order valence-corrected chi connectivity index (χ3v) is 3.89. The van der Waals surface area contributed by atoms with Crippen LogP contribution in [0, 0.1) is 0 Å². The van der Waals surface area contributed by atoms with Gasteiger partial charge >= 0.3 is 7.12 Å². The normalized spacial score (nSPS) is 11.0. The number of aromatic nitrogens is 2. The average Bonchev–Trinajstić information content (AvgIpc) is 2.89. The third-order valence-electron chi connectivity index (χ3n) is 3.89. The van der Waals surface area contributed by atoms with Crippen LogP contribution in [0.15, 0.2) is 18.7 Å². The zero-order chi connectivity index (χ0) is 15.3. The molecule has 1 aromatic heterocycles. The van der Waals surface area contributed by atoms with E-state index in [-0.39, 0.29) is 0 Å². The lowest BCUT2D eigenvalue weighted by Crippen LogP contribution is -2.30. The largest absolute Gasteiger partial charge is 0.451 e. The van der Waals surface area contributed by atoms with Crippen molar-refractivity contribution in [2.24, 2.45) is 0 Å². The number of hydrogen-bond acceptors (Lipinski definition) is 2. The summed E-state index contributed by atoms with van der Waals surface area (Å²) in [7, 11) is -1.18. The summed E-state index contributed by atoms with van der Waals surface area (Å²) < 4.78 is 4.35. The zero-order valence-electron chi connectivity index (χ0n) is 13.6. The molecule has 0 aliphatic heterocycles. The molecule has 0 spiro atoms. The van der Waals surface area contributed by atoms with Gasteiger partial charge in [0, 0.05) is 0 Å². The SMILES string of the molecule is CCCCCCCCCC[n+]1ccn(CCCB(O)O)c1. The highest BCUT2D eigenvalue weighted by Gasteiger charge is 2.08. The summed E-state index contributed by atoms with van der Waals surface area (Å²) in [5.74, 6) is 0. The van der Waals surface area contributed by atoms with Crippen LogP contribution < -0.4 is 4.57 Å². The molecule has 0 aromatic carbocycles. The van der Waals surface area contributed by atoms with Crippen LogP contribution in [0.1, 0.15) is 64.7 Å². The Balaban J connectivity index is 2.01. The van der Waals surface area contributed by atoms with Crippen molar-refractivity contribution < 1.29 is 14.6 Å². The first-order chi connectivity index (χ1) is 10.2. The van der Waals surface area contributed by atoms with E-state index in [0.29, 0.717) is 6.32 Å². The minimum absolute atomic E-state index is 0.441. The predicted octanol–water partition coefficient (Wildman–Crippen LogP) is 2.78. The Labute approximate surface area is 130 Å². The second-order valence-electron chi connectivity index (χ2n) is 5.99. The molecule has 5 heteroatoms. The molecule has 120 valence electrons. The van der Waals surface area contributed by atoms with Crippen molar-refractivity contribution in [3.63, 3.8) is 0 Å². The Morgan fingerprint density at radius 1 is 0.952 bits per heavy atom. The van der Waals surface area contributed by atoms with E-state index in [9.17, 15) is 0 Å². The standard InChI is InChI=1S/C16H32BN2O2/c1-2-3-4-5-6-7-8-9-12-18-14-15-19(16-18)13-10-11-17(20)21/h14-16,20-21H,2-13H2,1H3/q+1. The van der Waals surface area contributed by atoms with E-state index in [4.69, 9.17) is 10.0 Å². The second-order valence-corrected chi connectivity index (χ2v) is 5.99. The van der Waals surface area contributed by atoms with E-state index in [0.717, 1.165) is 19.5 Å². The van der Waals surface area contributed by atoms with Gasteiger partial charge in [0.25, 0.3) is 0 Å². The topological polar surface area (TPSA) is 49.3 Å². The van der Waals surface area contributed by atoms with Crippen molar-refractivity contribution in [2.75, 3.05) is 0 Å². The number of unbranched alkanes of at least 4 members (excludes halogenated alkanes) is 7. The van der Waals surface area contributed by atoms with Crippen molar-refractivity contribution in [3.8, 4) is 0 Å². The molecule has 0 saturated heterocycles. The summed E-state index contributed by atoms with van der Waals surface area (Å²) in [5, 5.41) is 17.6. The summed E-state index contributed by atoms with van der Waals surface area (Å²) in [4.78, 5) is 0. The van der Waals surface area contributed by atoms with Gasteiger partial charge in [0.1, 0.15) is 12.4 Å². The van der Waals surface area contributed by atoms with E-state index in [1.54, 1.807) is 0 Å². The lowest BCUT2D eigenvalue weighted by Gasteiger charge is -2.00. The van der Waals surface area contributed by atoms with Crippen LogP contribution >= 0.6 is 0 Å². The molecule has 2 N–H and O–H groups in total. The lowest BCUT2D eigenvalue weighted by molar-refractivity contribution is -0.696. The van der Waals surface area contributed by atoms with Crippen molar-refractivity contribution >= 4 is 7.12 Å². The molecule has 0 radical (unpaired) electrons. The van der Waals surface area contributed by atoms with Gasteiger partial charge in [-0.1, -0.05) is 45.4 Å². The zero-order valence-corrected chi connectivity index (χ0v) is 13.6. The molecule has 1 rings (SSSR count). The van der Waals surface area contributed by atoms with E-state index in [2.05, 4.69) is 34.8 Å². The molecule has 21 heavy (non-hydrogen) atoms. The first-order valence-corrected chi connectivity index (χ1v) is 8.63. The van der Waals surface area contributed by atoms with Gasteiger partial charge in [0.2, 0.25) is 6.33 Å². The number of imidazole rings is 1. The Bertz CT molecular complexity index is 356. The van der Waals surface area contributed by atoms with Gasteiger partial charge in [-0.05, 0) is 25.6 Å². The maximum absolute atomic E-state index is 8.81. The number of aryl methyl sites for hydroxylation is 2. The summed E-state index contributed by atoms with van der Waals surface area (Å²) in [6.45, 7) is 4.20. The highest BCUT2D eigenvalue weighted by Crippen LogP contribution is 2.08. The molecule has 1 heterocycles. The average molecular weight is 295 g/mol. The van der Waals surface area contributed by atoms with Crippen LogP contribution in [-0.2, 0) is 13.1 Å². The smallest absolute Gasteiger partial charge is 0.427 e. The minimum Gasteiger partial charge on any atom is -0.427 e. The molecule has 0 unspecified atom stereocenters. The highest BCUT2D eigenvalue weighted by molar-refractivity contribution is 6.40. The lowest BCUT2D eigenvalue weighted by atomic mass is 9.84. The third kappa shape index (κ3) is 9.69. The Kier molecular flexibility index (Phi) is 10.3. The first kappa shape index (κ1) is 18.2. The molecule has 1 aromatic rings. The molecular weight excluding hydrogens is 263 g/mol. The molecule has 0 fully saturated rings. The summed E-state index contributed by atoms with van der Waals surface area (Å²) in [6.07, 6.45) is 18.3. The predicted molar refractivity (Wildman–Crippen MR) is 86.9 cm³/mol. The van der Waals surface area contributed by atoms with Crippen molar-refractivity contribution in [2.45, 2.75) is 84.1 Å². The molecule has 0 saturated carbocycles. The van der Waals surface area contributed by atoms with Gasteiger partial charge in [-0.3, -0.25) is 0 Å². The van der Waals surface area contributed by atoms with Crippen LogP contribution in [0.5, 0.6) is 0 Å². The van der Waals surface area contributed by atoms with E-state index < -0.39 is 7.12 Å². The molecule has 0 amide bonds. The fourth-order valence-electron chi connectivity index (χ4n) is 2.59. The van der Waals surface area contributed by atoms with Gasteiger partial charge < -0.3 is 10.0 Å². The fourth-order valence-corrected chi connectivity index (χ4v) is 2.59. The number of nitrogens with zero attached hydrogens (tertiary/aromatic N) is 2. The Hall–Kier alpha value is -0.805. The van der Waals surface area contributed by atoms with E-state index in [1.807, 2.05) is 0 Å². The van der Waals surface area contributed by atoms with Crippen LogP contribution in [-0.4, -0.2) is 21.7 Å². The number of hydrogen-bond donors (Lipinski definition) is 2. The maximum Gasteiger partial charge on any atom is 0.451 e. The molecular formula is C16H32BN2O2+. The first-order valence-electron chi connectivity index (χ1n) is 8.63. The van der Waals surface area contributed by atoms with E-state index >= 15 is 0 Å². The summed E-state index contributed by atoms with van der Waals surface area (Å²) >= 11 is 0. The van der Waals surface area contributed by atoms with Gasteiger partial charge in [-0.25, -0.2) is 9.13 Å². The quantitative estimate of drug-likeness (QED) is 0.334. The second kappa shape index (κ2) is 11.8. The Morgan fingerprint density at radius 2 is 1.62 bits per heavy atom. The van der Waals surface area contributed by atoms with Crippen LogP contribution in [0.25, 0.3) is 0 Å². The molecule has 0 aliphatic rings. The maximum atomic E-state index is 8.81. The minimum atomic E-state index is -1.18. The fraction of sp³-hybridized carbons (Fsp3) is 0.812. The van der Waals surface area contributed by atoms with Crippen LogP contribution in [0.4, 0.5) is 0 Å². The molecule has 0 aliphatic carbocycles. The van der Waals surface area contributed by atoms with Crippen molar-refractivity contribution in [3.05, 3.63) is 18.7 Å². The Morgan fingerprint density at radius 3 is 2.29 bits per heavy atom. The van der Waals surface area contributed by atoms with Crippen molar-refractivity contribution in [1.29, 1.82) is 0 Å². The van der Waals surface area contributed by atoms with Crippen LogP contribution in [0.2, 0.25) is 6.32 Å². The summed E-state index contributed by atoms with van der Waals surface area (Å²) in [5.41, 5.74) is 0. The summed E-state index contributed by atoms with van der Waals surface area (Å²) in [6, 6.07) is 0.